The Hall–Kier alpha value is -2.05. The van der Waals surface area contributed by atoms with E-state index in [9.17, 15) is 4.79 Å². The number of hydrogen-bond acceptors (Lipinski definition) is 4. The standard InChI is InChI=1S/C22H32ClN5O/c1-14-12-17(27(5)22(2,3)4)10-11-19(14)28-13-18(20(24)29)21(26-28)25-16-8-6-15(23)7-9-16/h6-9,13-14,17,19H,10-12H2,1-5H3,(H2,24,29)(H,25,26). The van der Waals surface area contributed by atoms with Crippen molar-refractivity contribution >= 4 is 29.0 Å². The fourth-order valence-electron chi connectivity index (χ4n) is 4.15. The van der Waals surface area contributed by atoms with Crippen LogP contribution in [0.2, 0.25) is 5.02 Å². The van der Waals surface area contributed by atoms with Gasteiger partial charge in [-0.2, -0.15) is 5.10 Å². The molecule has 1 amide bonds. The van der Waals surface area contributed by atoms with Crippen molar-refractivity contribution in [2.24, 2.45) is 11.7 Å². The minimum absolute atomic E-state index is 0.151. The number of aromatic nitrogens is 2. The summed E-state index contributed by atoms with van der Waals surface area (Å²) in [6.07, 6.45) is 5.01. The van der Waals surface area contributed by atoms with E-state index in [4.69, 9.17) is 22.4 Å². The van der Waals surface area contributed by atoms with Gasteiger partial charge in [-0.05, 0) is 77.3 Å². The lowest BCUT2D eigenvalue weighted by Crippen LogP contribution is -2.48. The van der Waals surface area contributed by atoms with Gasteiger partial charge in [0.15, 0.2) is 5.82 Å². The van der Waals surface area contributed by atoms with Crippen LogP contribution in [-0.4, -0.2) is 39.2 Å². The highest BCUT2D eigenvalue weighted by Gasteiger charge is 2.35. The number of primary amides is 1. The molecule has 158 valence electrons. The van der Waals surface area contributed by atoms with Crippen LogP contribution in [0.1, 0.15) is 63.4 Å². The molecule has 0 spiro atoms. The maximum Gasteiger partial charge on any atom is 0.254 e. The Morgan fingerprint density at radius 3 is 2.48 bits per heavy atom. The predicted octanol–water partition coefficient (Wildman–Crippen LogP) is 4.84. The van der Waals surface area contributed by atoms with Gasteiger partial charge in [0.1, 0.15) is 5.56 Å². The van der Waals surface area contributed by atoms with Crippen molar-refractivity contribution < 1.29 is 4.79 Å². The Morgan fingerprint density at radius 1 is 1.28 bits per heavy atom. The molecule has 1 aromatic heterocycles. The second-order valence-corrected chi connectivity index (χ2v) is 9.60. The fraction of sp³-hybridized carbons (Fsp3) is 0.545. The summed E-state index contributed by atoms with van der Waals surface area (Å²) < 4.78 is 1.93. The van der Waals surface area contributed by atoms with Gasteiger partial charge in [0.25, 0.3) is 5.91 Å². The number of nitrogens with one attached hydrogen (secondary N) is 1. The van der Waals surface area contributed by atoms with E-state index in [0.29, 0.717) is 28.4 Å². The first kappa shape index (κ1) is 21.7. The minimum Gasteiger partial charge on any atom is -0.365 e. The third kappa shape index (κ3) is 4.93. The lowest BCUT2D eigenvalue weighted by molar-refractivity contribution is 0.0582. The summed E-state index contributed by atoms with van der Waals surface area (Å²) in [4.78, 5) is 14.5. The zero-order chi connectivity index (χ0) is 21.3. The van der Waals surface area contributed by atoms with Gasteiger partial charge in [-0.1, -0.05) is 18.5 Å². The number of benzene rings is 1. The number of nitrogens with two attached hydrogens (primary N) is 1. The normalized spacial score (nSPS) is 22.7. The highest BCUT2D eigenvalue weighted by molar-refractivity contribution is 6.30. The molecule has 29 heavy (non-hydrogen) atoms. The third-order valence-corrected chi connectivity index (χ3v) is 6.40. The molecule has 0 radical (unpaired) electrons. The van der Waals surface area contributed by atoms with Gasteiger partial charge in [0.2, 0.25) is 0 Å². The zero-order valence-electron chi connectivity index (χ0n) is 17.9. The smallest absolute Gasteiger partial charge is 0.254 e. The average Bonchev–Trinajstić information content (AvgIpc) is 3.06. The van der Waals surface area contributed by atoms with Gasteiger partial charge in [-0.3, -0.25) is 14.4 Å². The number of carbonyl (C=O) groups excluding carboxylic acids is 1. The molecule has 1 fully saturated rings. The van der Waals surface area contributed by atoms with Crippen LogP contribution >= 0.6 is 11.6 Å². The summed E-state index contributed by atoms with van der Waals surface area (Å²) in [5.74, 6) is 0.449. The van der Waals surface area contributed by atoms with Crippen molar-refractivity contribution in [3.8, 4) is 0 Å². The second kappa shape index (κ2) is 8.36. The molecule has 1 aliphatic carbocycles. The number of halogens is 1. The van der Waals surface area contributed by atoms with Crippen LogP contribution in [0.15, 0.2) is 30.5 Å². The zero-order valence-corrected chi connectivity index (χ0v) is 18.7. The van der Waals surface area contributed by atoms with E-state index in [1.165, 1.54) is 0 Å². The molecule has 0 bridgehead atoms. The quantitative estimate of drug-likeness (QED) is 0.729. The molecule has 2 aromatic rings. The van der Waals surface area contributed by atoms with Crippen LogP contribution in [0.4, 0.5) is 11.5 Å². The first-order valence-corrected chi connectivity index (χ1v) is 10.6. The van der Waals surface area contributed by atoms with Crippen LogP contribution in [0.3, 0.4) is 0 Å². The molecule has 6 nitrogen and oxygen atoms in total. The van der Waals surface area contributed by atoms with Gasteiger partial charge >= 0.3 is 0 Å². The van der Waals surface area contributed by atoms with Crippen molar-refractivity contribution in [1.82, 2.24) is 14.7 Å². The van der Waals surface area contributed by atoms with Gasteiger partial charge in [0.05, 0.1) is 6.04 Å². The fourth-order valence-corrected chi connectivity index (χ4v) is 4.27. The number of rotatable bonds is 5. The second-order valence-electron chi connectivity index (χ2n) is 9.16. The number of amides is 1. The molecule has 0 aliphatic heterocycles. The number of anilines is 2. The molecule has 3 N–H and O–H groups in total. The molecule has 0 saturated heterocycles. The largest absolute Gasteiger partial charge is 0.365 e. The predicted molar refractivity (Wildman–Crippen MR) is 119 cm³/mol. The van der Waals surface area contributed by atoms with Crippen molar-refractivity contribution in [1.29, 1.82) is 0 Å². The summed E-state index contributed by atoms with van der Waals surface area (Å²) in [7, 11) is 2.21. The SMILES string of the molecule is CC1CC(N(C)C(C)(C)C)CCC1n1cc(C(N)=O)c(Nc2ccc(Cl)cc2)n1. The lowest BCUT2D eigenvalue weighted by Gasteiger charge is -2.44. The third-order valence-electron chi connectivity index (χ3n) is 6.15. The van der Waals surface area contributed by atoms with E-state index in [2.05, 4.69) is 45.0 Å². The lowest BCUT2D eigenvalue weighted by atomic mass is 9.81. The van der Waals surface area contributed by atoms with Gasteiger partial charge in [-0.25, -0.2) is 0 Å². The van der Waals surface area contributed by atoms with E-state index in [1.54, 1.807) is 18.3 Å². The number of carbonyl (C=O) groups is 1. The van der Waals surface area contributed by atoms with E-state index in [-0.39, 0.29) is 11.6 Å². The van der Waals surface area contributed by atoms with Gasteiger partial charge in [0, 0.05) is 28.5 Å². The highest BCUT2D eigenvalue weighted by Crippen LogP contribution is 2.37. The van der Waals surface area contributed by atoms with Crippen LogP contribution in [0.25, 0.3) is 0 Å². The molecular weight excluding hydrogens is 386 g/mol. The topological polar surface area (TPSA) is 76.2 Å². The molecular formula is C22H32ClN5O. The molecule has 3 unspecified atom stereocenters. The van der Waals surface area contributed by atoms with Crippen molar-refractivity contribution in [3.05, 3.63) is 41.0 Å². The molecule has 1 saturated carbocycles. The Kier molecular flexibility index (Phi) is 6.24. The summed E-state index contributed by atoms with van der Waals surface area (Å²) in [6, 6.07) is 8.09. The van der Waals surface area contributed by atoms with E-state index in [0.717, 1.165) is 24.9 Å². The minimum atomic E-state index is -0.485. The Labute approximate surface area is 178 Å². The number of nitrogens with zero attached hydrogens (tertiary/aromatic N) is 3. The first-order chi connectivity index (χ1) is 13.6. The molecule has 1 aromatic carbocycles. The van der Waals surface area contributed by atoms with E-state index >= 15 is 0 Å². The van der Waals surface area contributed by atoms with Gasteiger partial charge in [-0.15, -0.1) is 0 Å². The van der Waals surface area contributed by atoms with Gasteiger partial charge < -0.3 is 11.1 Å². The van der Waals surface area contributed by atoms with Crippen LogP contribution in [0.5, 0.6) is 0 Å². The van der Waals surface area contributed by atoms with Crippen molar-refractivity contribution in [3.63, 3.8) is 0 Å². The molecule has 1 heterocycles. The Bertz CT molecular complexity index is 855. The van der Waals surface area contributed by atoms with Crippen LogP contribution in [0, 0.1) is 5.92 Å². The number of hydrogen-bond donors (Lipinski definition) is 2. The average molecular weight is 418 g/mol. The molecule has 3 rings (SSSR count). The van der Waals surface area contributed by atoms with E-state index in [1.807, 2.05) is 16.8 Å². The van der Waals surface area contributed by atoms with Crippen molar-refractivity contribution in [2.75, 3.05) is 12.4 Å². The molecule has 1 aliphatic rings. The maximum absolute atomic E-state index is 12.0. The Morgan fingerprint density at radius 2 is 1.93 bits per heavy atom. The molecule has 3 atom stereocenters. The molecule has 7 heteroatoms. The van der Waals surface area contributed by atoms with Crippen LogP contribution in [-0.2, 0) is 0 Å². The summed E-state index contributed by atoms with van der Waals surface area (Å²) >= 11 is 5.96. The summed E-state index contributed by atoms with van der Waals surface area (Å²) in [5, 5.41) is 8.56. The van der Waals surface area contributed by atoms with Crippen molar-refractivity contribution in [2.45, 2.75) is 64.6 Å². The maximum atomic E-state index is 12.0. The highest BCUT2D eigenvalue weighted by atomic mass is 35.5. The first-order valence-electron chi connectivity index (χ1n) is 10.2. The monoisotopic (exact) mass is 417 g/mol. The Balaban J connectivity index is 1.79. The van der Waals surface area contributed by atoms with E-state index < -0.39 is 5.91 Å². The summed E-state index contributed by atoms with van der Waals surface area (Å²) in [6.45, 7) is 9.03. The summed E-state index contributed by atoms with van der Waals surface area (Å²) in [5.41, 5.74) is 6.98. The van der Waals surface area contributed by atoms with Crippen LogP contribution < -0.4 is 11.1 Å².